The highest BCUT2D eigenvalue weighted by atomic mass is 16.4. The smallest absolute Gasteiger partial charge is 0.128 e. The molecule has 18 heavy (non-hydrogen) atoms. The van der Waals surface area contributed by atoms with Gasteiger partial charge in [0.25, 0.3) is 0 Å². The van der Waals surface area contributed by atoms with E-state index in [4.69, 9.17) is 5.21 Å². The average Bonchev–Trinajstić information content (AvgIpc) is 2.38. The van der Waals surface area contributed by atoms with E-state index < -0.39 is 0 Å². The van der Waals surface area contributed by atoms with Crippen molar-refractivity contribution >= 4 is 5.71 Å². The Balaban J connectivity index is 2.30. The Morgan fingerprint density at radius 3 is 2.33 bits per heavy atom. The molecular weight excluding hydrogens is 230 g/mol. The first kappa shape index (κ1) is 12.0. The first-order valence-electron chi connectivity index (χ1n) is 5.48. The van der Waals surface area contributed by atoms with Crippen molar-refractivity contribution in [1.29, 1.82) is 0 Å². The lowest BCUT2D eigenvalue weighted by molar-refractivity contribution is 0.318. The van der Waals surface area contributed by atoms with E-state index in [1.165, 1.54) is 18.2 Å². The highest BCUT2D eigenvalue weighted by Gasteiger charge is 2.11. The van der Waals surface area contributed by atoms with Crippen molar-refractivity contribution in [2.45, 2.75) is 6.42 Å². The fraction of sp³-hybridized carbons (Fsp3) is 0.0714. The molecule has 2 rings (SSSR count). The highest BCUT2D eigenvalue weighted by Crippen LogP contribution is 2.24. The van der Waals surface area contributed by atoms with E-state index in [2.05, 4.69) is 5.16 Å². The zero-order valence-corrected chi connectivity index (χ0v) is 9.61. The molecule has 0 unspecified atom stereocenters. The maximum atomic E-state index is 9.72. The minimum absolute atomic E-state index is 0.0340. The predicted octanol–water partition coefficient (Wildman–Crippen LogP) is 2.52. The molecule has 0 heterocycles. The lowest BCUT2D eigenvalue weighted by Crippen LogP contribution is -2.05. The van der Waals surface area contributed by atoms with Gasteiger partial charge in [-0.25, -0.2) is 0 Å². The Hall–Kier alpha value is -2.49. The van der Waals surface area contributed by atoms with E-state index in [9.17, 15) is 10.2 Å². The molecule has 0 atom stereocenters. The predicted molar refractivity (Wildman–Crippen MR) is 68.2 cm³/mol. The molecule has 0 amide bonds. The molecule has 0 saturated heterocycles. The van der Waals surface area contributed by atoms with Gasteiger partial charge >= 0.3 is 0 Å². The van der Waals surface area contributed by atoms with Gasteiger partial charge in [-0.1, -0.05) is 35.5 Å². The van der Waals surface area contributed by atoms with Crippen molar-refractivity contribution in [2.24, 2.45) is 5.16 Å². The molecular formula is C14H13NO3. The van der Waals surface area contributed by atoms with E-state index >= 15 is 0 Å². The number of phenols is 2. The second kappa shape index (κ2) is 5.23. The van der Waals surface area contributed by atoms with Gasteiger partial charge < -0.3 is 15.4 Å². The van der Waals surface area contributed by atoms with E-state index in [1.54, 1.807) is 0 Å². The number of hydrogen-bond donors (Lipinski definition) is 3. The summed E-state index contributed by atoms with van der Waals surface area (Å²) in [6, 6.07) is 13.7. The first-order chi connectivity index (χ1) is 8.70. The lowest BCUT2D eigenvalue weighted by Gasteiger charge is -2.07. The summed E-state index contributed by atoms with van der Waals surface area (Å²) in [4.78, 5) is 0. The van der Waals surface area contributed by atoms with Crippen LogP contribution in [0.4, 0.5) is 0 Å². The number of rotatable bonds is 3. The van der Waals surface area contributed by atoms with Crippen LogP contribution in [0.3, 0.4) is 0 Å². The van der Waals surface area contributed by atoms with Crippen LogP contribution in [0.1, 0.15) is 11.1 Å². The molecule has 0 aliphatic heterocycles. The van der Waals surface area contributed by atoms with Crippen molar-refractivity contribution in [3.05, 3.63) is 59.7 Å². The van der Waals surface area contributed by atoms with Gasteiger partial charge in [0, 0.05) is 18.1 Å². The molecule has 0 spiro atoms. The number of phenolic OH excluding ortho intramolecular Hbond substituents is 2. The standard InChI is InChI=1S/C14H13NO3/c16-11-6-7-12(14(17)9-11)13(15-18)8-10-4-2-1-3-5-10/h1-7,9,16-18H,8H2/b15-13-. The Morgan fingerprint density at radius 2 is 1.72 bits per heavy atom. The van der Waals surface area contributed by atoms with Gasteiger partial charge in [-0.05, 0) is 17.7 Å². The van der Waals surface area contributed by atoms with Crippen LogP contribution in [0.15, 0.2) is 53.7 Å². The summed E-state index contributed by atoms with van der Waals surface area (Å²) in [5.74, 6) is -0.146. The molecule has 4 nitrogen and oxygen atoms in total. The van der Waals surface area contributed by atoms with Crippen molar-refractivity contribution in [1.82, 2.24) is 0 Å². The molecule has 2 aromatic rings. The third kappa shape index (κ3) is 2.60. The summed E-state index contributed by atoms with van der Waals surface area (Å²) in [7, 11) is 0. The third-order valence-corrected chi connectivity index (χ3v) is 2.63. The molecule has 4 heteroatoms. The number of aromatic hydroxyl groups is 2. The van der Waals surface area contributed by atoms with E-state index in [-0.39, 0.29) is 11.5 Å². The minimum atomic E-state index is -0.112. The van der Waals surface area contributed by atoms with E-state index in [0.717, 1.165) is 5.56 Å². The van der Waals surface area contributed by atoms with Gasteiger partial charge in [-0.2, -0.15) is 0 Å². The molecule has 0 bridgehead atoms. The summed E-state index contributed by atoms with van der Waals surface area (Å²) in [5, 5.41) is 31.2. The number of hydrogen-bond acceptors (Lipinski definition) is 4. The molecule has 92 valence electrons. The van der Waals surface area contributed by atoms with Crippen LogP contribution in [0.5, 0.6) is 11.5 Å². The Morgan fingerprint density at radius 1 is 1.00 bits per heavy atom. The Kier molecular flexibility index (Phi) is 3.48. The minimum Gasteiger partial charge on any atom is -0.508 e. The van der Waals surface area contributed by atoms with Crippen LogP contribution >= 0.6 is 0 Å². The zero-order valence-electron chi connectivity index (χ0n) is 9.61. The summed E-state index contributed by atoms with van der Waals surface area (Å²) in [6.07, 6.45) is 0.398. The molecule has 0 aliphatic rings. The number of oxime groups is 1. The normalized spacial score (nSPS) is 11.4. The Bertz CT molecular complexity index is 565. The van der Waals surface area contributed by atoms with Gasteiger partial charge in [0.2, 0.25) is 0 Å². The van der Waals surface area contributed by atoms with E-state index in [0.29, 0.717) is 17.7 Å². The maximum absolute atomic E-state index is 9.72. The van der Waals surface area contributed by atoms with Crippen LogP contribution in [0.2, 0.25) is 0 Å². The van der Waals surface area contributed by atoms with Crippen molar-refractivity contribution in [2.75, 3.05) is 0 Å². The van der Waals surface area contributed by atoms with Crippen LogP contribution in [0.25, 0.3) is 0 Å². The van der Waals surface area contributed by atoms with Gasteiger partial charge in [0.15, 0.2) is 0 Å². The first-order valence-corrected chi connectivity index (χ1v) is 5.48. The van der Waals surface area contributed by atoms with Crippen LogP contribution < -0.4 is 0 Å². The van der Waals surface area contributed by atoms with Gasteiger partial charge in [-0.3, -0.25) is 0 Å². The van der Waals surface area contributed by atoms with Crippen molar-refractivity contribution in [3.63, 3.8) is 0 Å². The van der Waals surface area contributed by atoms with Crippen LogP contribution in [-0.2, 0) is 6.42 Å². The quantitative estimate of drug-likeness (QED) is 0.440. The number of benzene rings is 2. The van der Waals surface area contributed by atoms with Gasteiger partial charge in [-0.15, -0.1) is 0 Å². The molecule has 0 saturated carbocycles. The zero-order chi connectivity index (χ0) is 13.0. The largest absolute Gasteiger partial charge is 0.508 e. The summed E-state index contributed by atoms with van der Waals surface area (Å²) in [5.41, 5.74) is 1.72. The fourth-order valence-corrected chi connectivity index (χ4v) is 1.74. The summed E-state index contributed by atoms with van der Waals surface area (Å²) in [6.45, 7) is 0. The van der Waals surface area contributed by atoms with Crippen molar-refractivity contribution < 1.29 is 15.4 Å². The van der Waals surface area contributed by atoms with Crippen molar-refractivity contribution in [3.8, 4) is 11.5 Å². The monoisotopic (exact) mass is 243 g/mol. The third-order valence-electron chi connectivity index (χ3n) is 2.63. The lowest BCUT2D eigenvalue weighted by atomic mass is 10.0. The van der Waals surface area contributed by atoms with Crippen LogP contribution in [0, 0.1) is 0 Å². The molecule has 0 fully saturated rings. The topological polar surface area (TPSA) is 73.1 Å². The molecule has 0 radical (unpaired) electrons. The fourth-order valence-electron chi connectivity index (χ4n) is 1.74. The second-order valence-corrected chi connectivity index (χ2v) is 3.91. The number of nitrogens with zero attached hydrogens (tertiary/aromatic N) is 1. The second-order valence-electron chi connectivity index (χ2n) is 3.91. The Labute approximate surface area is 104 Å². The highest BCUT2D eigenvalue weighted by molar-refractivity contribution is 6.03. The molecule has 3 N–H and O–H groups in total. The maximum Gasteiger partial charge on any atom is 0.128 e. The summed E-state index contributed by atoms with van der Waals surface area (Å²) >= 11 is 0. The molecule has 2 aromatic carbocycles. The SMILES string of the molecule is O/N=C(/Cc1ccccc1)c1ccc(O)cc1O. The average molecular weight is 243 g/mol. The van der Waals surface area contributed by atoms with Crippen LogP contribution in [-0.4, -0.2) is 21.1 Å². The molecule has 0 aromatic heterocycles. The van der Waals surface area contributed by atoms with E-state index in [1.807, 2.05) is 30.3 Å². The van der Waals surface area contributed by atoms with Gasteiger partial charge in [0.05, 0.1) is 5.71 Å². The van der Waals surface area contributed by atoms with Gasteiger partial charge in [0.1, 0.15) is 11.5 Å². The summed E-state index contributed by atoms with van der Waals surface area (Å²) < 4.78 is 0. The molecule has 0 aliphatic carbocycles.